The molecular weight excluding hydrogens is 402 g/mol. The van der Waals surface area contributed by atoms with Crippen LogP contribution in [-0.2, 0) is 0 Å². The highest BCUT2D eigenvalue weighted by molar-refractivity contribution is 5.08. The number of azide groups is 1. The lowest BCUT2D eigenvalue weighted by molar-refractivity contribution is 0.895. The summed E-state index contributed by atoms with van der Waals surface area (Å²) in [5.41, 5.74) is 16.9. The van der Waals surface area contributed by atoms with Crippen LogP contribution in [0.4, 0.5) is 0 Å². The van der Waals surface area contributed by atoms with Crippen LogP contribution in [0, 0.1) is 0 Å². The Morgan fingerprint density at radius 2 is 0.848 bits per heavy atom. The lowest BCUT2D eigenvalue weighted by atomic mass is 10.0. The molecule has 0 atom stereocenters. The van der Waals surface area contributed by atoms with E-state index < -0.39 is 0 Å². The Kier molecular flexibility index (Phi) is 19.0. The van der Waals surface area contributed by atoms with Crippen molar-refractivity contribution in [1.82, 2.24) is 0 Å². The maximum absolute atomic E-state index is 8.36. The molecule has 0 aliphatic rings. The van der Waals surface area contributed by atoms with Crippen molar-refractivity contribution < 1.29 is 0 Å². The molecule has 0 unspecified atom stereocenters. The van der Waals surface area contributed by atoms with Crippen molar-refractivity contribution in [1.29, 1.82) is 0 Å². The van der Waals surface area contributed by atoms with Gasteiger partial charge in [-0.3, -0.25) is 0 Å². The predicted octanol–water partition coefficient (Wildman–Crippen LogP) is 10.9. The minimum absolute atomic E-state index is 0.478. The Balaban J connectivity index is 4.11. The van der Waals surface area contributed by atoms with E-state index in [9.17, 15) is 0 Å². The number of unbranched alkanes of at least 4 members (excludes halogenated alkanes) is 1. The van der Waals surface area contributed by atoms with E-state index in [1.54, 1.807) is 0 Å². The molecule has 0 saturated heterocycles. The van der Waals surface area contributed by atoms with Crippen molar-refractivity contribution >= 4 is 0 Å². The molecule has 0 aromatic carbocycles. The van der Waals surface area contributed by atoms with Gasteiger partial charge in [0.2, 0.25) is 0 Å². The van der Waals surface area contributed by atoms with E-state index in [2.05, 4.69) is 88.0 Å². The Labute approximate surface area is 204 Å². The summed E-state index contributed by atoms with van der Waals surface area (Å²) in [6.45, 7) is 15.8. The molecule has 0 N–H and O–H groups in total. The smallest absolute Gasteiger partial charge is 0.0467 e. The fourth-order valence-electron chi connectivity index (χ4n) is 3.50. The summed E-state index contributed by atoms with van der Waals surface area (Å²) in [6.07, 6.45) is 25.4. The van der Waals surface area contributed by atoms with Gasteiger partial charge in [0.15, 0.2) is 0 Å². The molecule has 0 radical (unpaired) electrons. The van der Waals surface area contributed by atoms with Gasteiger partial charge in [0.25, 0.3) is 0 Å². The average Bonchev–Trinajstić information content (AvgIpc) is 2.75. The van der Waals surface area contributed by atoms with E-state index in [4.69, 9.17) is 5.53 Å². The highest BCUT2D eigenvalue weighted by Gasteiger charge is 1.94. The van der Waals surface area contributed by atoms with Gasteiger partial charge in [-0.2, -0.15) is 0 Å². The largest absolute Gasteiger partial charge is 0.0896 e. The lowest BCUT2D eigenvalue weighted by Crippen LogP contribution is -1.84. The molecule has 0 amide bonds. The summed E-state index contributed by atoms with van der Waals surface area (Å²) in [5, 5.41) is 3.60. The fourth-order valence-corrected chi connectivity index (χ4v) is 3.50. The number of rotatable bonds is 17. The number of hydrogen-bond acceptors (Lipinski definition) is 1. The van der Waals surface area contributed by atoms with Crippen LogP contribution in [0.25, 0.3) is 10.4 Å². The first-order valence-electron chi connectivity index (χ1n) is 12.7. The van der Waals surface area contributed by atoms with Crippen molar-refractivity contribution in [3.05, 3.63) is 80.3 Å². The third kappa shape index (κ3) is 21.4. The molecule has 184 valence electrons. The molecule has 0 aliphatic carbocycles. The fraction of sp³-hybridized carbons (Fsp3) is 0.600. The summed E-state index contributed by atoms with van der Waals surface area (Å²) >= 11 is 0. The van der Waals surface area contributed by atoms with Gasteiger partial charge in [0, 0.05) is 11.5 Å². The lowest BCUT2D eigenvalue weighted by Gasteiger charge is -2.03. The Morgan fingerprint density at radius 3 is 1.21 bits per heavy atom. The Bertz CT molecular complexity index is 777. The first-order chi connectivity index (χ1) is 15.7. The molecule has 0 aromatic heterocycles. The van der Waals surface area contributed by atoms with Gasteiger partial charge in [-0.05, 0) is 118 Å². The summed E-state index contributed by atoms with van der Waals surface area (Å²) in [4.78, 5) is 2.80. The maximum Gasteiger partial charge on any atom is 0.0467 e. The van der Waals surface area contributed by atoms with Gasteiger partial charge in [0.05, 0.1) is 0 Å². The van der Waals surface area contributed by atoms with E-state index in [1.807, 2.05) is 6.92 Å². The highest BCUT2D eigenvalue weighted by atomic mass is 15.1. The predicted molar refractivity (Wildman–Crippen MR) is 148 cm³/mol. The average molecular weight is 452 g/mol. The number of hydrogen-bond donors (Lipinski definition) is 0. The molecule has 3 nitrogen and oxygen atoms in total. The van der Waals surface area contributed by atoms with Crippen LogP contribution in [0.5, 0.6) is 0 Å². The van der Waals surface area contributed by atoms with Gasteiger partial charge in [0.1, 0.15) is 0 Å². The first kappa shape index (κ1) is 30.8. The van der Waals surface area contributed by atoms with Crippen molar-refractivity contribution in [2.24, 2.45) is 5.11 Å². The van der Waals surface area contributed by atoms with E-state index >= 15 is 0 Å². The molecule has 0 fully saturated rings. The third-order valence-corrected chi connectivity index (χ3v) is 5.72. The second kappa shape index (κ2) is 20.4. The van der Waals surface area contributed by atoms with Crippen molar-refractivity contribution in [3.63, 3.8) is 0 Å². The first-order valence-corrected chi connectivity index (χ1v) is 12.7. The second-order valence-electron chi connectivity index (χ2n) is 9.65. The normalized spacial score (nSPS) is 13.7. The molecule has 0 aliphatic heterocycles. The highest BCUT2D eigenvalue weighted by Crippen LogP contribution is 2.14. The van der Waals surface area contributed by atoms with Crippen LogP contribution >= 0.6 is 0 Å². The van der Waals surface area contributed by atoms with Crippen LogP contribution in [0.1, 0.15) is 113 Å². The molecule has 0 rings (SSSR count). The van der Waals surface area contributed by atoms with E-state index in [1.165, 1.54) is 40.7 Å². The molecule has 0 spiro atoms. The second-order valence-corrected chi connectivity index (χ2v) is 9.65. The SMILES string of the molecule is CC(C)=CCC/C(C)=C/CC/C(C)=C/CC/C=C(\C)CC/C=C(/C)CC/C=C(\C)CN=[N+]=[N-]. The van der Waals surface area contributed by atoms with Crippen LogP contribution in [0.15, 0.2) is 75.0 Å². The van der Waals surface area contributed by atoms with Gasteiger partial charge < -0.3 is 0 Å². The minimum Gasteiger partial charge on any atom is -0.0896 e. The van der Waals surface area contributed by atoms with Crippen molar-refractivity contribution in [2.75, 3.05) is 6.54 Å². The zero-order valence-corrected chi connectivity index (χ0v) is 22.6. The van der Waals surface area contributed by atoms with Crippen LogP contribution < -0.4 is 0 Å². The maximum atomic E-state index is 8.36. The van der Waals surface area contributed by atoms with Gasteiger partial charge in [-0.15, -0.1) is 0 Å². The van der Waals surface area contributed by atoms with Crippen LogP contribution in [-0.4, -0.2) is 6.54 Å². The summed E-state index contributed by atoms with van der Waals surface area (Å²) < 4.78 is 0. The van der Waals surface area contributed by atoms with Crippen molar-refractivity contribution in [3.8, 4) is 0 Å². The molecular formula is C30H49N3. The summed E-state index contributed by atoms with van der Waals surface area (Å²) in [5.74, 6) is 0. The quantitative estimate of drug-likeness (QED) is 0.0694. The summed E-state index contributed by atoms with van der Waals surface area (Å²) in [7, 11) is 0. The third-order valence-electron chi connectivity index (χ3n) is 5.72. The Hall–Kier alpha value is -2.25. The van der Waals surface area contributed by atoms with E-state index in [-0.39, 0.29) is 0 Å². The molecule has 33 heavy (non-hydrogen) atoms. The number of nitrogens with zero attached hydrogens (tertiary/aromatic N) is 3. The topological polar surface area (TPSA) is 48.8 Å². The van der Waals surface area contributed by atoms with Gasteiger partial charge >= 0.3 is 0 Å². The van der Waals surface area contributed by atoms with Gasteiger partial charge in [-0.1, -0.05) is 75.0 Å². The minimum atomic E-state index is 0.478. The Morgan fingerprint density at radius 1 is 0.515 bits per heavy atom. The molecule has 0 bridgehead atoms. The molecule has 0 saturated carbocycles. The van der Waals surface area contributed by atoms with Crippen molar-refractivity contribution in [2.45, 2.75) is 113 Å². The van der Waals surface area contributed by atoms with Crippen LogP contribution in [0.2, 0.25) is 0 Å². The molecule has 0 aromatic rings. The standard InChI is InChI=1S/C30H49N3/c1-25(2)14-10-17-28(5)20-11-18-26(3)15-8-9-16-27(4)19-12-21-29(6)22-13-23-30(7)24-32-33-31/h14-16,20-21,23H,8-13,17-19,22,24H2,1-7H3/b26-15+,27-16+,28-20+,29-21-,30-23+. The zero-order valence-electron chi connectivity index (χ0n) is 22.6. The molecule has 0 heterocycles. The van der Waals surface area contributed by atoms with E-state index in [0.717, 1.165) is 56.9 Å². The summed E-state index contributed by atoms with van der Waals surface area (Å²) in [6, 6.07) is 0. The number of allylic oxidation sites excluding steroid dienone is 11. The zero-order chi connectivity index (χ0) is 24.9. The molecule has 3 heteroatoms. The monoisotopic (exact) mass is 451 g/mol. The van der Waals surface area contributed by atoms with Crippen LogP contribution in [0.3, 0.4) is 0 Å². The van der Waals surface area contributed by atoms with E-state index in [0.29, 0.717) is 6.54 Å². The van der Waals surface area contributed by atoms with Gasteiger partial charge in [-0.25, -0.2) is 0 Å².